The molecule has 16 nitrogen and oxygen atoms in total. The van der Waals surface area contributed by atoms with E-state index >= 15 is 0 Å². The summed E-state index contributed by atoms with van der Waals surface area (Å²) in [6, 6.07) is 14.1. The number of ether oxygens (including phenoxy) is 2. The standard InChI is InChI=1S/C24H32N6O2Si.C17H27BrN4O2Si.C8H8N2/c1-24(2,3)28-23(31)17-14-30(16-32-11-12-33(4,5)6)22-20(17)27-18(13-25-22)21-19-9-7-8-10-29(19)15-26-21;1-17(2,3)21-16(23)12-10-22(11-24-7-8-25(4,5)6)15-14(12)20-13(18)9-19-15;1-7-8-4-2-3-5-10(8)6-9-7/h7-10,13-15H,11-12,16H2,1-6H3,(H,28,31);9-10H,7-8,11H2,1-6H3,(H,21,23);2-6H,1H3. The summed E-state index contributed by atoms with van der Waals surface area (Å²) >= 11 is 3.33. The Hall–Kier alpha value is -5.61. The number of fused-ring (bicyclic) bond motifs is 4. The minimum absolute atomic E-state index is 0.161. The summed E-state index contributed by atoms with van der Waals surface area (Å²) in [5.74, 6) is -0.347. The predicted molar refractivity (Wildman–Crippen MR) is 280 cm³/mol. The summed E-state index contributed by atoms with van der Waals surface area (Å²) in [4.78, 5) is 52.8. The molecule has 362 valence electrons. The molecule has 8 rings (SSSR count). The zero-order chi connectivity index (χ0) is 49.6. The van der Waals surface area contributed by atoms with Gasteiger partial charge in [-0.05, 0) is 101 Å². The van der Waals surface area contributed by atoms with Crippen molar-refractivity contribution in [3.8, 4) is 11.4 Å². The lowest BCUT2D eigenvalue weighted by Crippen LogP contribution is -2.40. The SMILES string of the molecule is CC(C)(C)NC(=O)c1cn(COCC[Si](C)(C)C)c2ncc(-c3ncn4ccccc34)nc12.CC(C)(C)NC(=O)c1cn(COCC[Si](C)(C)C)c2ncc(Br)nc12.Cc1ncn2ccccc12. The number of pyridine rings is 2. The Balaban J connectivity index is 0.000000190. The third-order valence-electron chi connectivity index (χ3n) is 10.3. The van der Waals surface area contributed by atoms with Crippen molar-refractivity contribution in [1.29, 1.82) is 0 Å². The summed E-state index contributed by atoms with van der Waals surface area (Å²) in [5.41, 5.74) is 7.23. The molecule has 8 heterocycles. The fraction of sp³-hybridized carbons (Fsp3) is 0.429. The molecule has 0 radical (unpaired) electrons. The summed E-state index contributed by atoms with van der Waals surface area (Å²) in [7, 11) is -2.31. The van der Waals surface area contributed by atoms with Gasteiger partial charge in [-0.15, -0.1) is 0 Å². The second kappa shape index (κ2) is 21.4. The van der Waals surface area contributed by atoms with E-state index in [-0.39, 0.29) is 22.9 Å². The quantitative estimate of drug-likeness (QED) is 0.0836. The van der Waals surface area contributed by atoms with Crippen LogP contribution < -0.4 is 10.6 Å². The van der Waals surface area contributed by atoms with Crippen LogP contribution in [0.1, 0.15) is 68.0 Å². The van der Waals surface area contributed by atoms with Crippen molar-refractivity contribution in [2.45, 2.75) is 124 Å². The average Bonchev–Trinajstić information content (AvgIpc) is 4.03. The third kappa shape index (κ3) is 14.2. The monoisotopic (exact) mass is 1020 g/mol. The van der Waals surface area contributed by atoms with Crippen LogP contribution in [0.2, 0.25) is 51.4 Å². The molecular formula is C49H67BrN12O4Si2. The van der Waals surface area contributed by atoms with Gasteiger partial charge >= 0.3 is 0 Å². The molecule has 0 aliphatic heterocycles. The van der Waals surface area contributed by atoms with Gasteiger partial charge in [-0.1, -0.05) is 51.4 Å². The lowest BCUT2D eigenvalue weighted by Gasteiger charge is -2.20. The smallest absolute Gasteiger partial charge is 0.255 e. The van der Waals surface area contributed by atoms with Crippen LogP contribution in [-0.2, 0) is 22.9 Å². The highest BCUT2D eigenvalue weighted by molar-refractivity contribution is 9.10. The second-order valence-electron chi connectivity index (χ2n) is 21.3. The first kappa shape index (κ1) is 51.8. The van der Waals surface area contributed by atoms with Crippen LogP contribution >= 0.6 is 15.9 Å². The normalized spacial score (nSPS) is 12.3. The number of hydrogen-bond acceptors (Lipinski definition) is 10. The molecule has 0 unspecified atom stereocenters. The van der Waals surface area contributed by atoms with Gasteiger partial charge in [0.25, 0.3) is 11.8 Å². The molecule has 2 amide bonds. The molecule has 0 saturated carbocycles. The van der Waals surface area contributed by atoms with Gasteiger partial charge in [0.15, 0.2) is 11.3 Å². The predicted octanol–water partition coefficient (Wildman–Crippen LogP) is 10.3. The van der Waals surface area contributed by atoms with E-state index in [0.717, 1.165) is 29.0 Å². The fourth-order valence-corrected chi connectivity index (χ4v) is 8.64. The Morgan fingerprint density at radius 3 is 1.62 bits per heavy atom. The molecular weight excluding hydrogens is 957 g/mol. The van der Waals surface area contributed by atoms with Gasteiger partial charge in [-0.3, -0.25) is 9.59 Å². The third-order valence-corrected chi connectivity index (χ3v) is 14.1. The number of carbonyl (C=O) groups is 2. The van der Waals surface area contributed by atoms with E-state index in [9.17, 15) is 9.59 Å². The van der Waals surface area contributed by atoms with Crippen LogP contribution in [0.15, 0.2) is 90.8 Å². The molecule has 0 aliphatic carbocycles. The largest absolute Gasteiger partial charge is 0.361 e. The van der Waals surface area contributed by atoms with Crippen molar-refractivity contribution in [3.63, 3.8) is 0 Å². The Morgan fingerprint density at radius 2 is 1.12 bits per heavy atom. The Kier molecular flexibility index (Phi) is 16.3. The van der Waals surface area contributed by atoms with Crippen LogP contribution in [-0.4, -0.2) is 100 Å². The lowest BCUT2D eigenvalue weighted by atomic mass is 10.1. The number of nitrogens with zero attached hydrogens (tertiary/aromatic N) is 10. The van der Waals surface area contributed by atoms with Crippen LogP contribution in [0.3, 0.4) is 0 Å². The first-order valence-corrected chi connectivity index (χ1v) is 31.0. The van der Waals surface area contributed by atoms with E-state index in [1.54, 1.807) is 31.1 Å². The number of imidazole rings is 2. The number of aromatic nitrogens is 10. The van der Waals surface area contributed by atoms with E-state index in [2.05, 4.69) is 96.8 Å². The van der Waals surface area contributed by atoms with Crippen molar-refractivity contribution in [1.82, 2.24) is 58.5 Å². The molecule has 19 heteroatoms. The topological polar surface area (TPSA) is 173 Å². The molecule has 8 aromatic rings. The first-order chi connectivity index (χ1) is 31.9. The van der Waals surface area contributed by atoms with E-state index < -0.39 is 16.1 Å². The summed E-state index contributed by atoms with van der Waals surface area (Å²) < 4.78 is 20.0. The summed E-state index contributed by atoms with van der Waals surface area (Å²) in [6.07, 6.45) is 14.4. The highest BCUT2D eigenvalue weighted by Gasteiger charge is 2.25. The maximum Gasteiger partial charge on any atom is 0.255 e. The molecule has 0 aromatic carbocycles. The van der Waals surface area contributed by atoms with Gasteiger partial charge in [0.05, 0.1) is 46.6 Å². The maximum absolute atomic E-state index is 13.1. The van der Waals surface area contributed by atoms with E-state index in [1.807, 2.05) is 115 Å². The van der Waals surface area contributed by atoms with Crippen molar-refractivity contribution in [3.05, 3.63) is 108 Å². The van der Waals surface area contributed by atoms with Crippen LogP contribution in [0, 0.1) is 6.92 Å². The van der Waals surface area contributed by atoms with E-state index in [1.165, 1.54) is 5.52 Å². The number of amides is 2. The molecule has 0 saturated heterocycles. The number of aryl methyl sites for hydroxylation is 1. The van der Waals surface area contributed by atoms with E-state index in [4.69, 9.17) is 14.5 Å². The van der Waals surface area contributed by atoms with Crippen molar-refractivity contribution in [2.24, 2.45) is 0 Å². The summed E-state index contributed by atoms with van der Waals surface area (Å²) in [6.45, 7) is 29.7. The number of hydrogen-bond donors (Lipinski definition) is 2. The van der Waals surface area contributed by atoms with Gasteiger partial charge in [0, 0.05) is 65.2 Å². The highest BCUT2D eigenvalue weighted by Crippen LogP contribution is 2.26. The molecule has 0 fully saturated rings. The zero-order valence-corrected chi connectivity index (χ0v) is 45.4. The van der Waals surface area contributed by atoms with E-state index in [0.29, 0.717) is 70.4 Å². The number of rotatable bonds is 13. The lowest BCUT2D eigenvalue weighted by molar-refractivity contribution is 0.0879. The molecule has 0 aliphatic rings. The number of carbonyl (C=O) groups excluding carboxylic acids is 2. The molecule has 0 bridgehead atoms. The first-order valence-electron chi connectivity index (χ1n) is 22.8. The van der Waals surface area contributed by atoms with Gasteiger partial charge in [-0.2, -0.15) is 0 Å². The Bertz CT molecular complexity index is 3000. The molecule has 0 spiro atoms. The highest BCUT2D eigenvalue weighted by atomic mass is 79.9. The minimum Gasteiger partial charge on any atom is -0.361 e. The van der Waals surface area contributed by atoms with Crippen LogP contribution in [0.25, 0.3) is 44.7 Å². The van der Waals surface area contributed by atoms with Gasteiger partial charge < -0.3 is 38.0 Å². The van der Waals surface area contributed by atoms with Crippen LogP contribution in [0.5, 0.6) is 0 Å². The molecule has 8 aromatic heterocycles. The zero-order valence-electron chi connectivity index (χ0n) is 41.8. The van der Waals surface area contributed by atoms with Crippen molar-refractivity contribution < 1.29 is 19.1 Å². The fourth-order valence-electron chi connectivity index (χ4n) is 6.84. The Morgan fingerprint density at radius 1 is 0.647 bits per heavy atom. The Labute approximate surface area is 409 Å². The molecule has 68 heavy (non-hydrogen) atoms. The van der Waals surface area contributed by atoms with Gasteiger partial charge in [0.2, 0.25) is 0 Å². The molecule has 0 atom stereocenters. The maximum atomic E-state index is 13.1. The average molecular weight is 1020 g/mol. The second-order valence-corrected chi connectivity index (χ2v) is 33.4. The van der Waals surface area contributed by atoms with Crippen LogP contribution in [0.4, 0.5) is 0 Å². The minimum atomic E-state index is -1.18. The van der Waals surface area contributed by atoms with Crippen molar-refractivity contribution in [2.75, 3.05) is 13.2 Å². The van der Waals surface area contributed by atoms with Gasteiger partial charge in [-0.25, -0.2) is 29.9 Å². The molecule has 2 N–H and O–H groups in total. The number of nitrogens with one attached hydrogen (secondary N) is 2. The van der Waals surface area contributed by atoms with Crippen molar-refractivity contribution >= 4 is 77.3 Å². The number of halogens is 1. The summed E-state index contributed by atoms with van der Waals surface area (Å²) in [5, 5.41) is 6.01. The van der Waals surface area contributed by atoms with Gasteiger partial charge in [0.1, 0.15) is 46.8 Å².